The Morgan fingerprint density at radius 2 is 1.95 bits per heavy atom. The number of aryl methyl sites for hydroxylation is 1. The van der Waals surface area contributed by atoms with E-state index < -0.39 is 0 Å². The lowest BCUT2D eigenvalue weighted by Crippen LogP contribution is -2.32. The summed E-state index contributed by atoms with van der Waals surface area (Å²) in [7, 11) is 3.67. The molecule has 0 aromatic heterocycles. The molecule has 0 unspecified atom stereocenters. The molecule has 0 radical (unpaired) electrons. The van der Waals surface area contributed by atoms with Gasteiger partial charge in [-0.05, 0) is 31.5 Å². The molecule has 2 aromatic carbocycles. The number of rotatable bonds is 4. The highest BCUT2D eigenvalue weighted by atomic mass is 16.5. The standard InChI is InChI=1S/C18H21NO2/c1-19-12-14-11-10-13-6-5-8-16(18(13)21-14)15-7-3-4-9-17(15)20-2/h3-9,14,19H,10-12H2,1-2H3/t14-/m1/s1. The van der Waals surface area contributed by atoms with Gasteiger partial charge in [-0.1, -0.05) is 36.4 Å². The normalized spacial score (nSPS) is 17.0. The molecule has 3 heteroatoms. The molecule has 0 spiro atoms. The highest BCUT2D eigenvalue weighted by Crippen LogP contribution is 2.41. The molecule has 0 fully saturated rings. The lowest BCUT2D eigenvalue weighted by molar-refractivity contribution is 0.174. The van der Waals surface area contributed by atoms with Crippen LogP contribution in [0.5, 0.6) is 11.5 Å². The molecule has 21 heavy (non-hydrogen) atoms. The zero-order valence-electron chi connectivity index (χ0n) is 12.6. The molecule has 1 heterocycles. The molecule has 3 nitrogen and oxygen atoms in total. The minimum Gasteiger partial charge on any atom is -0.496 e. The SMILES string of the molecule is CNC[C@H]1CCc2cccc(-c3ccccc3OC)c2O1. The Hall–Kier alpha value is -2.00. The maximum atomic E-state index is 6.24. The summed E-state index contributed by atoms with van der Waals surface area (Å²) >= 11 is 0. The molecule has 0 amide bonds. The van der Waals surface area contributed by atoms with E-state index in [2.05, 4.69) is 29.6 Å². The van der Waals surface area contributed by atoms with E-state index in [0.29, 0.717) is 0 Å². The zero-order chi connectivity index (χ0) is 14.7. The molecule has 1 aliphatic heterocycles. The molecule has 1 N–H and O–H groups in total. The Morgan fingerprint density at radius 3 is 2.76 bits per heavy atom. The first kappa shape index (κ1) is 14.0. The molecule has 3 rings (SSSR count). The number of hydrogen-bond donors (Lipinski definition) is 1. The molecule has 110 valence electrons. The van der Waals surface area contributed by atoms with E-state index in [1.54, 1.807) is 7.11 Å². The summed E-state index contributed by atoms with van der Waals surface area (Å²) in [6.07, 6.45) is 2.35. The van der Waals surface area contributed by atoms with Crippen LogP contribution in [0.2, 0.25) is 0 Å². The fourth-order valence-corrected chi connectivity index (χ4v) is 2.91. The van der Waals surface area contributed by atoms with Gasteiger partial charge >= 0.3 is 0 Å². The fourth-order valence-electron chi connectivity index (χ4n) is 2.91. The summed E-state index contributed by atoms with van der Waals surface area (Å²) in [5, 5.41) is 3.20. The second kappa shape index (κ2) is 6.19. The van der Waals surface area contributed by atoms with Crippen molar-refractivity contribution in [3.8, 4) is 22.6 Å². The second-order valence-corrected chi connectivity index (χ2v) is 5.33. The number of para-hydroxylation sites is 2. The van der Waals surface area contributed by atoms with E-state index >= 15 is 0 Å². The first-order chi connectivity index (χ1) is 10.3. The third kappa shape index (κ3) is 2.74. The van der Waals surface area contributed by atoms with E-state index in [1.165, 1.54) is 5.56 Å². The van der Waals surface area contributed by atoms with Crippen LogP contribution in [-0.4, -0.2) is 26.8 Å². The molecule has 0 saturated heterocycles. The van der Waals surface area contributed by atoms with E-state index in [0.717, 1.165) is 42.0 Å². The summed E-state index contributed by atoms with van der Waals surface area (Å²) in [4.78, 5) is 0. The highest BCUT2D eigenvalue weighted by Gasteiger charge is 2.23. The monoisotopic (exact) mass is 283 g/mol. The predicted molar refractivity (Wildman–Crippen MR) is 85.1 cm³/mol. The van der Waals surface area contributed by atoms with E-state index in [4.69, 9.17) is 9.47 Å². The van der Waals surface area contributed by atoms with Gasteiger partial charge in [-0.3, -0.25) is 0 Å². The predicted octanol–water partition coefficient (Wildman–Crippen LogP) is 3.28. The Kier molecular flexibility index (Phi) is 4.11. The van der Waals surface area contributed by atoms with Gasteiger partial charge in [-0.15, -0.1) is 0 Å². The smallest absolute Gasteiger partial charge is 0.130 e. The molecule has 2 aromatic rings. The number of benzene rings is 2. The molecule has 1 aliphatic rings. The maximum absolute atomic E-state index is 6.24. The van der Waals surface area contributed by atoms with Crippen molar-refractivity contribution in [2.24, 2.45) is 0 Å². The Bertz CT molecular complexity index is 624. The van der Waals surface area contributed by atoms with Crippen LogP contribution in [0, 0.1) is 0 Å². The molecular formula is C18H21NO2. The van der Waals surface area contributed by atoms with Gasteiger partial charge < -0.3 is 14.8 Å². The molecule has 0 aliphatic carbocycles. The minimum atomic E-state index is 0.235. The first-order valence-electron chi connectivity index (χ1n) is 7.40. The summed E-state index contributed by atoms with van der Waals surface area (Å²) in [6.45, 7) is 0.875. The third-order valence-corrected chi connectivity index (χ3v) is 3.95. The lowest BCUT2D eigenvalue weighted by atomic mass is 9.95. The molecule has 1 atom stereocenters. The van der Waals surface area contributed by atoms with Crippen LogP contribution in [0.25, 0.3) is 11.1 Å². The first-order valence-corrected chi connectivity index (χ1v) is 7.40. The number of methoxy groups -OCH3 is 1. The highest BCUT2D eigenvalue weighted by molar-refractivity contribution is 5.77. The fraction of sp³-hybridized carbons (Fsp3) is 0.333. The van der Waals surface area contributed by atoms with Gasteiger partial charge in [-0.25, -0.2) is 0 Å². The van der Waals surface area contributed by atoms with Crippen LogP contribution >= 0.6 is 0 Å². The summed E-state index contributed by atoms with van der Waals surface area (Å²) in [6, 6.07) is 14.5. The van der Waals surface area contributed by atoms with Gasteiger partial charge in [-0.2, -0.15) is 0 Å². The molecule has 0 bridgehead atoms. The van der Waals surface area contributed by atoms with Crippen molar-refractivity contribution in [2.45, 2.75) is 18.9 Å². The van der Waals surface area contributed by atoms with Gasteiger partial charge in [0.05, 0.1) is 7.11 Å². The van der Waals surface area contributed by atoms with Gasteiger partial charge in [0.25, 0.3) is 0 Å². The van der Waals surface area contributed by atoms with Crippen molar-refractivity contribution in [1.29, 1.82) is 0 Å². The average molecular weight is 283 g/mol. The Labute approximate surface area is 125 Å². The number of fused-ring (bicyclic) bond motifs is 1. The van der Waals surface area contributed by atoms with Crippen LogP contribution in [0.1, 0.15) is 12.0 Å². The van der Waals surface area contributed by atoms with E-state index in [1.807, 2.05) is 25.2 Å². The quantitative estimate of drug-likeness (QED) is 0.934. The van der Waals surface area contributed by atoms with Crippen molar-refractivity contribution >= 4 is 0 Å². The Balaban J connectivity index is 2.04. The van der Waals surface area contributed by atoms with Crippen LogP contribution in [0.15, 0.2) is 42.5 Å². The molecule has 0 saturated carbocycles. The van der Waals surface area contributed by atoms with Crippen LogP contribution < -0.4 is 14.8 Å². The summed E-state index contributed by atoms with van der Waals surface area (Å²) < 4.78 is 11.7. The van der Waals surface area contributed by atoms with Crippen LogP contribution in [0.4, 0.5) is 0 Å². The minimum absolute atomic E-state index is 0.235. The second-order valence-electron chi connectivity index (χ2n) is 5.33. The summed E-state index contributed by atoms with van der Waals surface area (Å²) in [5.74, 6) is 1.89. The van der Waals surface area contributed by atoms with Crippen LogP contribution in [0.3, 0.4) is 0 Å². The Morgan fingerprint density at radius 1 is 1.14 bits per heavy atom. The third-order valence-electron chi connectivity index (χ3n) is 3.95. The van der Waals surface area contributed by atoms with Crippen molar-refractivity contribution in [3.05, 3.63) is 48.0 Å². The largest absolute Gasteiger partial charge is 0.496 e. The van der Waals surface area contributed by atoms with Gasteiger partial charge in [0.15, 0.2) is 0 Å². The van der Waals surface area contributed by atoms with Crippen molar-refractivity contribution < 1.29 is 9.47 Å². The zero-order valence-corrected chi connectivity index (χ0v) is 12.6. The van der Waals surface area contributed by atoms with E-state index in [9.17, 15) is 0 Å². The number of ether oxygens (including phenoxy) is 2. The van der Waals surface area contributed by atoms with Gasteiger partial charge in [0, 0.05) is 17.7 Å². The van der Waals surface area contributed by atoms with Crippen molar-refractivity contribution in [2.75, 3.05) is 20.7 Å². The van der Waals surface area contributed by atoms with Gasteiger partial charge in [0.1, 0.15) is 17.6 Å². The topological polar surface area (TPSA) is 30.5 Å². The average Bonchev–Trinajstić information content (AvgIpc) is 2.54. The number of hydrogen-bond acceptors (Lipinski definition) is 3. The number of likely N-dealkylation sites (N-methyl/N-ethyl adjacent to an activating group) is 1. The summed E-state index contributed by atoms with van der Waals surface area (Å²) in [5.41, 5.74) is 3.48. The van der Waals surface area contributed by atoms with Crippen molar-refractivity contribution in [1.82, 2.24) is 5.32 Å². The van der Waals surface area contributed by atoms with E-state index in [-0.39, 0.29) is 6.10 Å². The van der Waals surface area contributed by atoms with Gasteiger partial charge in [0.2, 0.25) is 0 Å². The van der Waals surface area contributed by atoms with Crippen LogP contribution in [-0.2, 0) is 6.42 Å². The lowest BCUT2D eigenvalue weighted by Gasteiger charge is -2.28. The number of nitrogens with one attached hydrogen (secondary N) is 1. The molecular weight excluding hydrogens is 262 g/mol. The maximum Gasteiger partial charge on any atom is 0.130 e. The van der Waals surface area contributed by atoms with Crippen molar-refractivity contribution in [3.63, 3.8) is 0 Å².